The average molecular weight is 471 g/mol. The van der Waals surface area contributed by atoms with E-state index in [1.807, 2.05) is 60.9 Å². The van der Waals surface area contributed by atoms with Crippen molar-refractivity contribution in [3.05, 3.63) is 59.7 Å². The Morgan fingerprint density at radius 1 is 1.12 bits per heavy atom. The van der Waals surface area contributed by atoms with Gasteiger partial charge in [0.25, 0.3) is 0 Å². The van der Waals surface area contributed by atoms with Crippen molar-refractivity contribution >= 4 is 27.5 Å². The first-order valence-corrected chi connectivity index (χ1v) is 13.2. The number of carbonyl (C=O) groups is 1. The molecule has 2 heterocycles. The number of hydrogen-bond donors (Lipinski definition) is 0. The van der Waals surface area contributed by atoms with Crippen LogP contribution in [0.1, 0.15) is 17.5 Å². The average Bonchev–Trinajstić information content (AvgIpc) is 3.35. The molecule has 1 atom stereocenters. The zero-order chi connectivity index (χ0) is 22.9. The van der Waals surface area contributed by atoms with Gasteiger partial charge in [-0.2, -0.15) is 0 Å². The molecule has 168 valence electrons. The Labute approximate surface area is 192 Å². The van der Waals surface area contributed by atoms with Gasteiger partial charge in [-0.25, -0.2) is 8.42 Å². The van der Waals surface area contributed by atoms with E-state index in [-0.39, 0.29) is 29.2 Å². The number of thioether (sulfide) groups is 1. The summed E-state index contributed by atoms with van der Waals surface area (Å²) in [5.74, 6) is 0.932. The molecule has 2 aromatic carbocycles. The van der Waals surface area contributed by atoms with Crippen LogP contribution in [0.3, 0.4) is 0 Å². The molecule has 1 aromatic heterocycles. The Balaban J connectivity index is 1.60. The summed E-state index contributed by atoms with van der Waals surface area (Å²) in [6, 6.07) is 15.9. The predicted molar refractivity (Wildman–Crippen MR) is 127 cm³/mol. The Kier molecular flexibility index (Phi) is 6.39. The highest BCUT2D eigenvalue weighted by Gasteiger charge is 2.32. The molecule has 1 amide bonds. The molecule has 0 N–H and O–H groups in total. The molecule has 32 heavy (non-hydrogen) atoms. The molecular formula is C23H26N4O3S2. The van der Waals surface area contributed by atoms with Gasteiger partial charge in [-0.05, 0) is 38.5 Å². The predicted octanol–water partition coefficient (Wildman–Crippen LogP) is 3.29. The van der Waals surface area contributed by atoms with Crippen LogP contribution in [0.2, 0.25) is 0 Å². The topological polar surface area (TPSA) is 85.2 Å². The number of aromatic nitrogens is 3. The SMILES string of the molecule is Cc1ccc(-n2c(SCC(=O)N(C)[C@H]3CCS(=O)(=O)C3)nnc2-c2cccc(C)c2)cc1. The molecule has 0 unspecified atom stereocenters. The monoisotopic (exact) mass is 470 g/mol. The van der Waals surface area contributed by atoms with E-state index in [2.05, 4.69) is 16.3 Å². The van der Waals surface area contributed by atoms with Crippen LogP contribution in [0.4, 0.5) is 0 Å². The number of rotatable bonds is 6. The Bertz CT molecular complexity index is 1240. The van der Waals surface area contributed by atoms with Gasteiger partial charge < -0.3 is 4.90 Å². The highest BCUT2D eigenvalue weighted by Crippen LogP contribution is 2.29. The maximum absolute atomic E-state index is 12.8. The van der Waals surface area contributed by atoms with Crippen molar-refractivity contribution < 1.29 is 13.2 Å². The maximum atomic E-state index is 12.8. The largest absolute Gasteiger partial charge is 0.341 e. The first-order chi connectivity index (χ1) is 15.2. The van der Waals surface area contributed by atoms with Crippen molar-refractivity contribution in [3.63, 3.8) is 0 Å². The summed E-state index contributed by atoms with van der Waals surface area (Å²) in [6.45, 7) is 4.06. The van der Waals surface area contributed by atoms with Gasteiger partial charge in [0, 0.05) is 24.3 Å². The summed E-state index contributed by atoms with van der Waals surface area (Å²) < 4.78 is 25.5. The number of sulfone groups is 1. The molecule has 0 spiro atoms. The first kappa shape index (κ1) is 22.5. The summed E-state index contributed by atoms with van der Waals surface area (Å²) in [5.41, 5.74) is 4.14. The van der Waals surface area contributed by atoms with Crippen LogP contribution in [0.25, 0.3) is 17.1 Å². The fourth-order valence-corrected chi connectivity index (χ4v) is 6.42. The summed E-state index contributed by atoms with van der Waals surface area (Å²) in [7, 11) is -1.37. The van der Waals surface area contributed by atoms with Gasteiger partial charge in [-0.3, -0.25) is 9.36 Å². The number of aryl methyl sites for hydroxylation is 2. The Morgan fingerprint density at radius 2 is 1.88 bits per heavy atom. The van der Waals surface area contributed by atoms with Crippen molar-refractivity contribution in [2.24, 2.45) is 0 Å². The quantitative estimate of drug-likeness (QED) is 0.514. The zero-order valence-corrected chi connectivity index (χ0v) is 20.0. The van der Waals surface area contributed by atoms with Crippen LogP contribution in [0.15, 0.2) is 53.7 Å². The lowest BCUT2D eigenvalue weighted by Gasteiger charge is -2.23. The highest BCUT2D eigenvalue weighted by molar-refractivity contribution is 7.99. The molecule has 1 fully saturated rings. The van der Waals surface area contributed by atoms with Gasteiger partial charge in [-0.15, -0.1) is 10.2 Å². The number of amides is 1. The minimum atomic E-state index is -3.05. The summed E-state index contributed by atoms with van der Waals surface area (Å²) in [5, 5.41) is 9.43. The zero-order valence-electron chi connectivity index (χ0n) is 18.4. The van der Waals surface area contributed by atoms with E-state index in [9.17, 15) is 13.2 Å². The van der Waals surface area contributed by atoms with Crippen molar-refractivity contribution in [1.29, 1.82) is 0 Å². The fraction of sp³-hybridized carbons (Fsp3) is 0.348. The lowest BCUT2D eigenvalue weighted by molar-refractivity contribution is -0.128. The Hall–Kier alpha value is -2.65. The molecule has 0 bridgehead atoms. The second-order valence-corrected chi connectivity index (χ2v) is 11.4. The summed E-state index contributed by atoms with van der Waals surface area (Å²) >= 11 is 1.31. The molecule has 1 aliphatic rings. The Morgan fingerprint density at radius 3 is 2.53 bits per heavy atom. The molecule has 9 heteroatoms. The standard InChI is InChI=1S/C23H26N4O3S2/c1-16-7-9-19(10-8-16)27-22(18-6-4-5-17(2)13-18)24-25-23(27)31-14-21(28)26(3)20-11-12-32(29,30)15-20/h4-10,13,20H,11-12,14-15H2,1-3H3/t20-/m0/s1. The van der Waals surface area contributed by atoms with E-state index in [1.54, 1.807) is 11.9 Å². The molecule has 4 rings (SSSR count). The summed E-state index contributed by atoms with van der Waals surface area (Å²) in [4.78, 5) is 14.3. The highest BCUT2D eigenvalue weighted by atomic mass is 32.2. The minimum absolute atomic E-state index is 0.0387. The molecule has 0 saturated carbocycles. The third-order valence-electron chi connectivity index (χ3n) is 5.68. The number of carbonyl (C=O) groups excluding carboxylic acids is 1. The van der Waals surface area contributed by atoms with Gasteiger partial charge in [0.2, 0.25) is 5.91 Å². The lowest BCUT2D eigenvalue weighted by atomic mass is 10.1. The van der Waals surface area contributed by atoms with Crippen molar-refractivity contribution in [1.82, 2.24) is 19.7 Å². The molecular weight excluding hydrogens is 444 g/mol. The van der Waals surface area contributed by atoms with Crippen LogP contribution < -0.4 is 0 Å². The van der Waals surface area contributed by atoms with E-state index in [0.29, 0.717) is 17.4 Å². The third kappa shape index (κ3) is 4.88. The summed E-state index contributed by atoms with van der Waals surface area (Å²) in [6.07, 6.45) is 0.492. The number of benzene rings is 2. The van der Waals surface area contributed by atoms with E-state index >= 15 is 0 Å². The molecule has 1 saturated heterocycles. The van der Waals surface area contributed by atoms with Crippen LogP contribution >= 0.6 is 11.8 Å². The lowest BCUT2D eigenvalue weighted by Crippen LogP contribution is -2.38. The minimum Gasteiger partial charge on any atom is -0.341 e. The smallest absolute Gasteiger partial charge is 0.233 e. The van der Waals surface area contributed by atoms with Crippen LogP contribution in [-0.2, 0) is 14.6 Å². The van der Waals surface area contributed by atoms with E-state index in [4.69, 9.17) is 0 Å². The van der Waals surface area contributed by atoms with E-state index in [0.717, 1.165) is 22.4 Å². The van der Waals surface area contributed by atoms with Crippen molar-refractivity contribution in [3.8, 4) is 17.1 Å². The van der Waals surface area contributed by atoms with E-state index in [1.165, 1.54) is 11.8 Å². The van der Waals surface area contributed by atoms with Gasteiger partial charge in [0.1, 0.15) is 0 Å². The number of hydrogen-bond acceptors (Lipinski definition) is 6. The van der Waals surface area contributed by atoms with Crippen molar-refractivity contribution in [2.45, 2.75) is 31.5 Å². The fourth-order valence-electron chi connectivity index (χ4n) is 3.77. The first-order valence-electron chi connectivity index (χ1n) is 10.4. The van der Waals surface area contributed by atoms with Crippen LogP contribution in [-0.4, -0.2) is 64.3 Å². The van der Waals surface area contributed by atoms with Crippen molar-refractivity contribution in [2.75, 3.05) is 24.3 Å². The van der Waals surface area contributed by atoms with Crippen LogP contribution in [0.5, 0.6) is 0 Å². The molecule has 0 radical (unpaired) electrons. The number of nitrogens with zero attached hydrogens (tertiary/aromatic N) is 4. The van der Waals surface area contributed by atoms with Gasteiger partial charge >= 0.3 is 0 Å². The second kappa shape index (κ2) is 9.07. The molecule has 7 nitrogen and oxygen atoms in total. The van der Waals surface area contributed by atoms with E-state index < -0.39 is 9.84 Å². The van der Waals surface area contributed by atoms with Crippen LogP contribution in [0, 0.1) is 13.8 Å². The van der Waals surface area contributed by atoms with Gasteiger partial charge in [0.05, 0.1) is 17.3 Å². The third-order valence-corrected chi connectivity index (χ3v) is 8.34. The molecule has 3 aromatic rings. The van der Waals surface area contributed by atoms with Gasteiger partial charge in [0.15, 0.2) is 20.8 Å². The normalized spacial score (nSPS) is 17.4. The molecule has 1 aliphatic heterocycles. The maximum Gasteiger partial charge on any atom is 0.233 e. The second-order valence-electron chi connectivity index (χ2n) is 8.20. The van der Waals surface area contributed by atoms with Gasteiger partial charge in [-0.1, -0.05) is 53.2 Å². The molecule has 0 aliphatic carbocycles.